The van der Waals surface area contributed by atoms with Crippen molar-refractivity contribution in [2.45, 2.75) is 99.6 Å². The smallest absolute Gasteiger partial charge is 0.381 e. The number of hydrazine groups is 1. The van der Waals surface area contributed by atoms with Crippen LogP contribution in [0.4, 0.5) is 36.6 Å². The van der Waals surface area contributed by atoms with E-state index in [1.54, 1.807) is 13.1 Å². The van der Waals surface area contributed by atoms with Crippen LogP contribution in [0, 0.1) is 29.4 Å². The van der Waals surface area contributed by atoms with Gasteiger partial charge in [-0.3, -0.25) is 29.8 Å². The molecular weight excluding hydrogens is 967 g/mol. The molecule has 2 fully saturated rings. The maximum absolute atomic E-state index is 15.6. The van der Waals surface area contributed by atoms with Crippen LogP contribution in [0.15, 0.2) is 42.5 Å². The van der Waals surface area contributed by atoms with Gasteiger partial charge in [0.25, 0.3) is 11.8 Å². The van der Waals surface area contributed by atoms with Crippen molar-refractivity contribution in [1.82, 2.24) is 40.7 Å². The molecule has 0 spiro atoms. The molecule has 14 nitrogen and oxygen atoms in total. The Kier molecular flexibility index (Phi) is 12.1. The van der Waals surface area contributed by atoms with E-state index in [1.165, 1.54) is 50.6 Å². The number of hydrogen-bond donors (Lipinski definition) is 5. The first-order valence-corrected chi connectivity index (χ1v) is 23.2. The molecule has 2 saturated carbocycles. The number of rotatable bonds is 11. The summed E-state index contributed by atoms with van der Waals surface area (Å²) in [6, 6.07) is 7.11. The number of aliphatic hydroxyl groups is 1. The van der Waals surface area contributed by atoms with E-state index in [0.29, 0.717) is 34.7 Å². The third-order valence-corrected chi connectivity index (χ3v) is 15.3. The highest BCUT2D eigenvalue weighted by atomic mass is 35.5. The summed E-state index contributed by atoms with van der Waals surface area (Å²) in [5.41, 5.74) is 0.406. The predicted octanol–water partition coefficient (Wildman–Crippen LogP) is 6.89. The first-order chi connectivity index (χ1) is 31.6. The van der Waals surface area contributed by atoms with Gasteiger partial charge >= 0.3 is 6.18 Å². The number of benzene rings is 2. The van der Waals surface area contributed by atoms with Crippen LogP contribution in [0.3, 0.4) is 0 Å². The lowest BCUT2D eigenvalue weighted by molar-refractivity contribution is -0.142. The summed E-state index contributed by atoms with van der Waals surface area (Å²) in [5.74, 6) is -4.47. The number of thiocarbonyl (C=S) groups is 1. The van der Waals surface area contributed by atoms with Crippen molar-refractivity contribution in [2.75, 3.05) is 5.32 Å². The second-order valence-electron chi connectivity index (χ2n) is 18.0. The topological polar surface area (TPSA) is 185 Å². The Bertz CT molecular complexity index is 3100. The molecule has 3 heterocycles. The van der Waals surface area contributed by atoms with E-state index in [9.17, 15) is 45.1 Å². The van der Waals surface area contributed by atoms with Crippen LogP contribution < -0.4 is 21.5 Å². The van der Waals surface area contributed by atoms with E-state index < -0.39 is 109 Å². The second kappa shape index (κ2) is 17.0. The van der Waals surface area contributed by atoms with Gasteiger partial charge < -0.3 is 15.7 Å². The Morgan fingerprint density at radius 1 is 1.01 bits per heavy atom. The number of nitrogens with one attached hydrogen (secondary N) is 4. The first kappa shape index (κ1) is 48.6. The molecule has 0 saturated heterocycles. The van der Waals surface area contributed by atoms with Crippen LogP contribution in [0.1, 0.15) is 92.8 Å². The minimum absolute atomic E-state index is 0.0341. The van der Waals surface area contributed by atoms with E-state index in [0.717, 1.165) is 12.1 Å². The first-order valence-electron chi connectivity index (χ1n) is 20.9. The summed E-state index contributed by atoms with van der Waals surface area (Å²) in [6.07, 6.45) is -4.79. The molecule has 68 heavy (non-hydrogen) atoms. The number of nitrogens with zero attached hydrogens (tertiary/aromatic N) is 5. The number of aromatic nitrogens is 5. The molecule has 3 aliphatic rings. The maximum Gasteiger partial charge on any atom is 0.435 e. The minimum Gasteiger partial charge on any atom is -0.381 e. The van der Waals surface area contributed by atoms with Gasteiger partial charge in [0, 0.05) is 35.7 Å². The number of aryl methyl sites for hydroxylation is 1. The van der Waals surface area contributed by atoms with Gasteiger partial charge in [0.1, 0.15) is 39.9 Å². The fraction of sp³-hybridized carbons (Fsp3) is 0.409. The molecule has 24 heteroatoms. The molecular formula is C44H41ClF7N9O5S2. The fourth-order valence-corrected chi connectivity index (χ4v) is 10.5. The van der Waals surface area contributed by atoms with Crippen molar-refractivity contribution in [3.8, 4) is 23.0 Å². The van der Waals surface area contributed by atoms with Gasteiger partial charge in [-0.1, -0.05) is 23.6 Å². The Balaban J connectivity index is 1.25. The highest BCUT2D eigenvalue weighted by Crippen LogP contribution is 2.68. The van der Waals surface area contributed by atoms with Crippen LogP contribution in [-0.4, -0.2) is 70.6 Å². The zero-order valence-corrected chi connectivity index (χ0v) is 38.9. The molecule has 2 aromatic carbocycles. The van der Waals surface area contributed by atoms with Crippen molar-refractivity contribution < 1.29 is 53.8 Å². The lowest BCUT2D eigenvalue weighted by atomic mass is 9.93. The van der Waals surface area contributed by atoms with Gasteiger partial charge in [0.05, 0.1) is 32.9 Å². The molecule has 3 aliphatic carbocycles. The van der Waals surface area contributed by atoms with Gasteiger partial charge in [0.2, 0.25) is 5.91 Å². The van der Waals surface area contributed by atoms with Gasteiger partial charge in [-0.15, -0.1) is 0 Å². The SMILES string of the molecule is Cn1nc(NC(=S)NNC(=O)C(C)(C)O)c2c(Cl)ccc(-c3ccc(C#CC(C)(C)S(=O)(=O)C4CC4)nc3[C@H](Cc3cc(F)cc(F)c3)NC(=O)Cn3nc(C(F)(F)F)c4c3C(F)(F)[C@@H]3C[C@H]43)c21. The third-order valence-electron chi connectivity index (χ3n) is 11.9. The number of carbonyl (C=O) groups is 2. The van der Waals surface area contributed by atoms with Gasteiger partial charge in [-0.25, -0.2) is 22.2 Å². The zero-order valence-electron chi connectivity index (χ0n) is 36.5. The molecule has 5 N–H and O–H groups in total. The number of anilines is 1. The minimum atomic E-state index is -5.12. The van der Waals surface area contributed by atoms with Crippen LogP contribution in [0.25, 0.3) is 22.0 Å². The molecule has 3 atom stereocenters. The number of pyridine rings is 1. The average molecular weight is 1010 g/mol. The van der Waals surface area contributed by atoms with Crippen molar-refractivity contribution >= 4 is 67.3 Å². The Hall–Kier alpha value is -5.83. The molecule has 0 unspecified atom stereocenters. The average Bonchev–Trinajstić information content (AvgIpc) is 4.15. The van der Waals surface area contributed by atoms with E-state index in [4.69, 9.17) is 28.8 Å². The summed E-state index contributed by atoms with van der Waals surface area (Å²) in [7, 11) is -2.17. The Labute approximate surface area is 394 Å². The largest absolute Gasteiger partial charge is 0.435 e. The van der Waals surface area contributed by atoms with E-state index in [-0.39, 0.29) is 50.3 Å². The molecule has 0 bridgehead atoms. The molecule has 2 amide bonds. The summed E-state index contributed by atoms with van der Waals surface area (Å²) < 4.78 is 130. The van der Waals surface area contributed by atoms with Crippen LogP contribution >= 0.6 is 23.8 Å². The maximum atomic E-state index is 15.6. The van der Waals surface area contributed by atoms with E-state index >= 15 is 8.78 Å². The molecule has 3 aromatic heterocycles. The van der Waals surface area contributed by atoms with Crippen LogP contribution in [-0.2, 0) is 51.5 Å². The lowest BCUT2D eigenvalue weighted by Crippen LogP contribution is -2.51. The number of hydrogen-bond acceptors (Lipinski definition) is 9. The van der Waals surface area contributed by atoms with Crippen molar-refractivity contribution in [2.24, 2.45) is 13.0 Å². The number of sulfone groups is 1. The van der Waals surface area contributed by atoms with Crippen molar-refractivity contribution in [3.05, 3.63) is 93.0 Å². The van der Waals surface area contributed by atoms with Gasteiger partial charge in [0.15, 0.2) is 26.5 Å². The normalized spacial score (nSPS) is 18.0. The highest BCUT2D eigenvalue weighted by molar-refractivity contribution is 7.93. The van der Waals surface area contributed by atoms with Gasteiger partial charge in [-0.2, -0.15) is 32.1 Å². The molecule has 8 rings (SSSR count). The molecule has 360 valence electrons. The van der Waals surface area contributed by atoms with Gasteiger partial charge in [-0.05, 0) is 113 Å². The summed E-state index contributed by atoms with van der Waals surface area (Å²) in [4.78, 5) is 31.2. The second-order valence-corrected chi connectivity index (χ2v) is 21.5. The number of alkyl halides is 5. The highest BCUT2D eigenvalue weighted by Gasteiger charge is 2.68. The third kappa shape index (κ3) is 9.22. The number of halogens is 8. The standard InChI is InChI=1S/C44H41ClF7N9O5S2/c1-41(2,68(65,66)24-7-8-24)13-12-23-6-9-25(26-10-11-29(45)33-35(26)60(5)59-38(33)55-40(67)57-56-39(63)42(3,4)64)34(53-23)30(16-20-14-21(46)17-22(47)15-20)54-31(62)19-61-37-32(36(58-61)44(50,51)52)27-18-28(27)43(37,48)49/h6,9-11,14-15,17,24,27-28,30,64H,7-8,16,18-19H2,1-5H3,(H,54,62)(H,56,63)(H2,55,57,59,67)/t27-,28+,30-/m0/s1. The fourth-order valence-electron chi connectivity index (χ4n) is 8.36. The Morgan fingerprint density at radius 2 is 1.68 bits per heavy atom. The Morgan fingerprint density at radius 3 is 2.31 bits per heavy atom. The summed E-state index contributed by atoms with van der Waals surface area (Å²) in [6.45, 7) is 4.26. The molecule has 5 aromatic rings. The van der Waals surface area contributed by atoms with E-state index in [2.05, 4.69) is 43.5 Å². The zero-order chi connectivity index (χ0) is 49.6. The number of carbonyl (C=O) groups excluding carboxylic acids is 2. The number of fused-ring (bicyclic) bond motifs is 4. The lowest BCUT2D eigenvalue weighted by Gasteiger charge is -2.23. The number of amides is 2. The molecule has 0 radical (unpaired) electrons. The summed E-state index contributed by atoms with van der Waals surface area (Å²) in [5, 5.41) is 23.1. The van der Waals surface area contributed by atoms with E-state index in [1.807, 2.05) is 0 Å². The van der Waals surface area contributed by atoms with Crippen LogP contribution in [0.2, 0.25) is 5.02 Å². The van der Waals surface area contributed by atoms with Crippen LogP contribution in [0.5, 0.6) is 0 Å². The summed E-state index contributed by atoms with van der Waals surface area (Å²) >= 11 is 12.1. The monoisotopic (exact) mass is 1010 g/mol. The van der Waals surface area contributed by atoms with Crippen molar-refractivity contribution in [3.63, 3.8) is 0 Å². The molecule has 0 aliphatic heterocycles. The predicted molar refractivity (Wildman–Crippen MR) is 239 cm³/mol. The quantitative estimate of drug-likeness (QED) is 0.0402. The van der Waals surface area contributed by atoms with Crippen molar-refractivity contribution in [1.29, 1.82) is 0 Å².